The number of benzene rings is 2. The average molecular weight is 466 g/mol. The van der Waals surface area contributed by atoms with E-state index in [-0.39, 0.29) is 23.7 Å². The third-order valence-electron chi connectivity index (χ3n) is 6.69. The Hall–Kier alpha value is -1.26. The molecule has 0 N–H and O–H groups in total. The molecule has 0 bridgehead atoms. The Morgan fingerprint density at radius 1 is 0.967 bits per heavy atom. The molecule has 2 fully saturated rings. The summed E-state index contributed by atoms with van der Waals surface area (Å²) in [4.78, 5) is 17.4. The molecule has 0 radical (unpaired) electrons. The molecule has 3 nitrogen and oxygen atoms in total. The van der Waals surface area contributed by atoms with Crippen molar-refractivity contribution in [2.45, 2.75) is 24.7 Å². The van der Waals surface area contributed by atoms with Gasteiger partial charge in [0.2, 0.25) is 5.91 Å². The number of carbonyl (C=O) groups is 1. The molecular formula is C24H27Cl3N2O. The number of amides is 1. The lowest BCUT2D eigenvalue weighted by molar-refractivity contribution is -0.131. The van der Waals surface area contributed by atoms with E-state index in [4.69, 9.17) is 34.8 Å². The number of halogens is 3. The molecule has 1 aliphatic carbocycles. The summed E-state index contributed by atoms with van der Waals surface area (Å²) in [5, 5.41) is 2.08. The topological polar surface area (TPSA) is 23.6 Å². The van der Waals surface area contributed by atoms with Crippen molar-refractivity contribution in [1.29, 1.82) is 0 Å². The van der Waals surface area contributed by atoms with Crippen LogP contribution in [0.2, 0.25) is 15.1 Å². The van der Waals surface area contributed by atoms with Crippen LogP contribution in [-0.2, 0) is 4.79 Å². The Bertz CT molecular complexity index is 915. The van der Waals surface area contributed by atoms with Gasteiger partial charge in [-0.2, -0.15) is 0 Å². The van der Waals surface area contributed by atoms with Crippen LogP contribution in [0.4, 0.5) is 0 Å². The molecule has 2 aromatic carbocycles. The van der Waals surface area contributed by atoms with Gasteiger partial charge in [0.15, 0.2) is 0 Å². The summed E-state index contributed by atoms with van der Waals surface area (Å²) in [6, 6.07) is 13.9. The standard InChI is InChI=1S/C24H27Cl3N2O/c1-28(2)11-12-29-14-21-20(24(29)30)10-9-19(18-8-7-17(26)13-22(18)27)23(21)15-3-5-16(25)6-4-15/h3-8,13,19-21,23H,9-12,14H2,1-2H3. The fourth-order valence-electron chi connectivity index (χ4n) is 5.27. The SMILES string of the molecule is CN(C)CCN1CC2C(CCC(c3ccc(Cl)cc3Cl)C2c2ccc(Cl)cc2)C1=O. The first kappa shape index (κ1) is 22.0. The summed E-state index contributed by atoms with van der Waals surface area (Å²) in [7, 11) is 4.09. The smallest absolute Gasteiger partial charge is 0.226 e. The Morgan fingerprint density at radius 2 is 1.63 bits per heavy atom. The predicted octanol–water partition coefficient (Wildman–Crippen LogP) is 5.94. The molecule has 1 aliphatic heterocycles. The first-order chi connectivity index (χ1) is 14.3. The summed E-state index contributed by atoms with van der Waals surface area (Å²) in [5.74, 6) is 1.12. The second kappa shape index (κ2) is 9.08. The van der Waals surface area contributed by atoms with Crippen LogP contribution in [0.5, 0.6) is 0 Å². The third-order valence-corrected chi connectivity index (χ3v) is 7.51. The fourth-order valence-corrected chi connectivity index (χ4v) is 5.94. The molecule has 1 saturated heterocycles. The Labute approximate surface area is 193 Å². The quantitative estimate of drug-likeness (QED) is 0.545. The number of hydrogen-bond acceptors (Lipinski definition) is 2. The van der Waals surface area contributed by atoms with Crippen molar-refractivity contribution in [2.75, 3.05) is 33.7 Å². The van der Waals surface area contributed by atoms with Gasteiger partial charge < -0.3 is 9.80 Å². The molecule has 1 heterocycles. The van der Waals surface area contributed by atoms with E-state index < -0.39 is 0 Å². The lowest BCUT2D eigenvalue weighted by Gasteiger charge is -2.40. The van der Waals surface area contributed by atoms with Crippen molar-refractivity contribution in [3.05, 3.63) is 68.7 Å². The summed E-state index contributed by atoms with van der Waals surface area (Å²) in [5.41, 5.74) is 2.35. The number of rotatable bonds is 5. The number of hydrogen-bond donors (Lipinski definition) is 0. The van der Waals surface area contributed by atoms with Gasteiger partial charge in [0, 0.05) is 40.6 Å². The second-order valence-electron chi connectivity index (χ2n) is 8.78. The van der Waals surface area contributed by atoms with E-state index in [1.54, 1.807) is 0 Å². The normalized spacial score (nSPS) is 26.3. The molecule has 4 atom stereocenters. The van der Waals surface area contributed by atoms with Gasteiger partial charge >= 0.3 is 0 Å². The maximum Gasteiger partial charge on any atom is 0.226 e. The summed E-state index contributed by atoms with van der Waals surface area (Å²) in [6.45, 7) is 2.45. The minimum Gasteiger partial charge on any atom is -0.341 e. The highest BCUT2D eigenvalue weighted by Crippen LogP contribution is 2.53. The van der Waals surface area contributed by atoms with Gasteiger partial charge in [-0.15, -0.1) is 0 Å². The van der Waals surface area contributed by atoms with Gasteiger partial charge in [0.1, 0.15) is 0 Å². The Kier molecular flexibility index (Phi) is 6.64. The number of nitrogens with zero attached hydrogens (tertiary/aromatic N) is 2. The molecule has 6 heteroatoms. The van der Waals surface area contributed by atoms with Crippen LogP contribution in [0.1, 0.15) is 35.8 Å². The largest absolute Gasteiger partial charge is 0.341 e. The minimum atomic E-state index is 0.0789. The van der Waals surface area contributed by atoms with Crippen LogP contribution in [0.25, 0.3) is 0 Å². The monoisotopic (exact) mass is 464 g/mol. The molecule has 0 aromatic heterocycles. The molecule has 4 rings (SSSR count). The van der Waals surface area contributed by atoms with Crippen molar-refractivity contribution < 1.29 is 4.79 Å². The Morgan fingerprint density at radius 3 is 2.30 bits per heavy atom. The molecule has 1 saturated carbocycles. The first-order valence-electron chi connectivity index (χ1n) is 10.5. The van der Waals surface area contributed by atoms with Gasteiger partial charge in [0.05, 0.1) is 0 Å². The van der Waals surface area contributed by atoms with E-state index in [0.29, 0.717) is 16.0 Å². The summed E-state index contributed by atoms with van der Waals surface area (Å²) < 4.78 is 0. The van der Waals surface area contributed by atoms with Crippen LogP contribution in [0, 0.1) is 11.8 Å². The van der Waals surface area contributed by atoms with Crippen LogP contribution in [0.3, 0.4) is 0 Å². The second-order valence-corrected chi connectivity index (χ2v) is 10.1. The molecule has 160 valence electrons. The van der Waals surface area contributed by atoms with E-state index in [1.807, 2.05) is 38.4 Å². The van der Waals surface area contributed by atoms with E-state index in [2.05, 4.69) is 28.0 Å². The van der Waals surface area contributed by atoms with E-state index >= 15 is 0 Å². The maximum absolute atomic E-state index is 13.2. The molecule has 4 unspecified atom stereocenters. The zero-order chi connectivity index (χ0) is 21.4. The fraction of sp³-hybridized carbons (Fsp3) is 0.458. The zero-order valence-electron chi connectivity index (χ0n) is 17.3. The number of fused-ring (bicyclic) bond motifs is 1. The van der Waals surface area contributed by atoms with Crippen molar-refractivity contribution in [3.8, 4) is 0 Å². The highest BCUT2D eigenvalue weighted by molar-refractivity contribution is 6.35. The summed E-state index contributed by atoms with van der Waals surface area (Å²) >= 11 is 19.0. The molecule has 30 heavy (non-hydrogen) atoms. The molecule has 2 aliphatic rings. The van der Waals surface area contributed by atoms with E-state index in [1.165, 1.54) is 5.56 Å². The minimum absolute atomic E-state index is 0.0789. The van der Waals surface area contributed by atoms with Crippen LogP contribution in [0.15, 0.2) is 42.5 Å². The Balaban J connectivity index is 1.70. The van der Waals surface area contributed by atoms with Crippen LogP contribution >= 0.6 is 34.8 Å². The van der Waals surface area contributed by atoms with Crippen LogP contribution < -0.4 is 0 Å². The predicted molar refractivity (Wildman–Crippen MR) is 125 cm³/mol. The third kappa shape index (κ3) is 4.36. The van der Waals surface area contributed by atoms with E-state index in [9.17, 15) is 4.79 Å². The van der Waals surface area contributed by atoms with Gasteiger partial charge in [-0.25, -0.2) is 0 Å². The highest BCUT2D eigenvalue weighted by Gasteiger charge is 2.50. The molecule has 0 spiro atoms. The lowest BCUT2D eigenvalue weighted by atomic mass is 9.63. The average Bonchev–Trinajstić information content (AvgIpc) is 3.02. The maximum atomic E-state index is 13.2. The number of likely N-dealkylation sites (tertiary alicyclic amines) is 1. The first-order valence-corrected chi connectivity index (χ1v) is 11.6. The van der Waals surface area contributed by atoms with Gasteiger partial charge in [0.25, 0.3) is 0 Å². The summed E-state index contributed by atoms with van der Waals surface area (Å²) in [6.07, 6.45) is 1.83. The zero-order valence-corrected chi connectivity index (χ0v) is 19.6. The van der Waals surface area contributed by atoms with Gasteiger partial charge in [-0.05, 0) is 80.1 Å². The molecule has 1 amide bonds. The number of likely N-dealkylation sites (N-methyl/N-ethyl adjacent to an activating group) is 1. The van der Waals surface area contributed by atoms with Gasteiger partial charge in [-0.3, -0.25) is 4.79 Å². The van der Waals surface area contributed by atoms with Crippen molar-refractivity contribution in [2.24, 2.45) is 11.8 Å². The van der Waals surface area contributed by atoms with E-state index in [0.717, 1.165) is 43.1 Å². The number of carbonyl (C=O) groups excluding carboxylic acids is 1. The van der Waals surface area contributed by atoms with Crippen molar-refractivity contribution in [1.82, 2.24) is 9.80 Å². The highest BCUT2D eigenvalue weighted by atomic mass is 35.5. The molecular weight excluding hydrogens is 439 g/mol. The van der Waals surface area contributed by atoms with Crippen molar-refractivity contribution >= 4 is 40.7 Å². The van der Waals surface area contributed by atoms with Crippen molar-refractivity contribution in [3.63, 3.8) is 0 Å². The van der Waals surface area contributed by atoms with Gasteiger partial charge in [-0.1, -0.05) is 53.0 Å². The molecule has 2 aromatic rings. The van der Waals surface area contributed by atoms with Crippen LogP contribution in [-0.4, -0.2) is 49.4 Å². The lowest BCUT2D eigenvalue weighted by Crippen LogP contribution is -2.34.